The van der Waals surface area contributed by atoms with Gasteiger partial charge in [-0.25, -0.2) is 0 Å². The highest BCUT2D eigenvalue weighted by molar-refractivity contribution is 6.76. The van der Waals surface area contributed by atoms with Crippen LogP contribution in [-0.2, 0) is 18.7 Å². The predicted molar refractivity (Wildman–Crippen MR) is 148 cm³/mol. The van der Waals surface area contributed by atoms with Crippen molar-refractivity contribution in [1.29, 1.82) is 0 Å². The molecule has 2 atom stereocenters. The molecule has 0 aliphatic carbocycles. The largest absolute Gasteiger partial charge is 0.411 e. The fourth-order valence-electron chi connectivity index (χ4n) is 3.11. The number of rotatable bonds is 18. The van der Waals surface area contributed by atoms with Gasteiger partial charge in [-0.3, -0.25) is 4.79 Å². The molecule has 0 aromatic carbocycles. The third kappa shape index (κ3) is 16.0. The molecule has 0 unspecified atom stereocenters. The highest BCUT2D eigenvalue weighted by atomic mass is 28.4. The summed E-state index contributed by atoms with van der Waals surface area (Å²) in [6.45, 7) is 18.7. The zero-order valence-corrected chi connectivity index (χ0v) is 24.3. The average Bonchev–Trinajstić information content (AvgIpc) is 2.78. The third-order valence-electron chi connectivity index (χ3n) is 5.68. The second-order valence-electron chi connectivity index (χ2n) is 9.60. The van der Waals surface area contributed by atoms with Crippen LogP contribution in [0.25, 0.3) is 0 Å². The van der Waals surface area contributed by atoms with Crippen molar-refractivity contribution in [3.63, 3.8) is 0 Å². The molecule has 0 bridgehead atoms. The van der Waals surface area contributed by atoms with Gasteiger partial charge in [0, 0.05) is 14.7 Å². The number of aldehydes is 1. The van der Waals surface area contributed by atoms with Crippen molar-refractivity contribution in [2.75, 3.05) is 13.4 Å². The molecule has 4 nitrogen and oxygen atoms in total. The molecular formula is C27H48O4Si2. The molecular weight excluding hydrogens is 444 g/mol. The van der Waals surface area contributed by atoms with E-state index in [-0.39, 0.29) is 19.0 Å². The molecule has 0 rings (SSSR count). The molecule has 0 aliphatic heterocycles. The van der Waals surface area contributed by atoms with Crippen molar-refractivity contribution >= 4 is 22.7 Å². The van der Waals surface area contributed by atoms with Crippen LogP contribution in [0.1, 0.15) is 34.6 Å². The summed E-state index contributed by atoms with van der Waals surface area (Å²) in [5.41, 5.74) is 0.700. The van der Waals surface area contributed by atoms with Crippen LogP contribution in [0.2, 0.25) is 43.8 Å². The lowest BCUT2D eigenvalue weighted by Gasteiger charge is -2.34. The molecule has 0 amide bonds. The zero-order chi connectivity index (χ0) is 25.2. The maximum absolute atomic E-state index is 10.5. The van der Waals surface area contributed by atoms with Crippen molar-refractivity contribution in [3.8, 4) is 0 Å². The molecule has 0 aliphatic rings. The van der Waals surface area contributed by atoms with E-state index >= 15 is 0 Å². The Morgan fingerprint density at radius 1 is 0.879 bits per heavy atom. The molecule has 33 heavy (non-hydrogen) atoms. The highest BCUT2D eigenvalue weighted by Gasteiger charge is 2.33. The minimum Gasteiger partial charge on any atom is -0.411 e. The lowest BCUT2D eigenvalue weighted by molar-refractivity contribution is -0.104. The fourth-order valence-corrected chi connectivity index (χ4v) is 6.79. The second kappa shape index (κ2) is 18.1. The van der Waals surface area contributed by atoms with Crippen LogP contribution < -0.4 is 0 Å². The number of allylic oxidation sites excluding steroid dienone is 9. The van der Waals surface area contributed by atoms with E-state index in [4.69, 9.17) is 13.9 Å². The summed E-state index contributed by atoms with van der Waals surface area (Å²) < 4.78 is 18.5. The molecule has 0 saturated carbocycles. The van der Waals surface area contributed by atoms with Crippen LogP contribution in [0.5, 0.6) is 0 Å². The van der Waals surface area contributed by atoms with Crippen LogP contribution >= 0.6 is 0 Å². The van der Waals surface area contributed by atoms with E-state index < -0.39 is 16.4 Å². The smallest absolute Gasteiger partial charge is 0.192 e. The number of ether oxygens (including phenoxy) is 2. The maximum atomic E-state index is 10.5. The molecule has 0 fully saturated rings. The Kier molecular flexibility index (Phi) is 17.3. The van der Waals surface area contributed by atoms with E-state index in [0.29, 0.717) is 5.57 Å². The maximum Gasteiger partial charge on any atom is 0.192 e. The van der Waals surface area contributed by atoms with E-state index in [1.165, 1.54) is 0 Å². The van der Waals surface area contributed by atoms with Crippen LogP contribution in [0.15, 0.2) is 60.3 Å². The van der Waals surface area contributed by atoms with Crippen molar-refractivity contribution in [3.05, 3.63) is 60.3 Å². The van der Waals surface area contributed by atoms with Crippen molar-refractivity contribution in [2.24, 2.45) is 0 Å². The van der Waals surface area contributed by atoms with Gasteiger partial charge in [0.2, 0.25) is 0 Å². The first-order valence-electron chi connectivity index (χ1n) is 12.3. The lowest BCUT2D eigenvalue weighted by Crippen LogP contribution is -2.43. The van der Waals surface area contributed by atoms with Gasteiger partial charge in [0.05, 0.1) is 6.10 Å². The molecule has 6 heteroatoms. The van der Waals surface area contributed by atoms with Crippen LogP contribution in [-0.4, -0.2) is 48.3 Å². The summed E-state index contributed by atoms with van der Waals surface area (Å²) in [6.07, 6.45) is 18.1. The Bertz CT molecular complexity index is 660. The third-order valence-corrected chi connectivity index (χ3v) is 12.1. The summed E-state index contributed by atoms with van der Waals surface area (Å²) in [6, 6.07) is 4.49. The quantitative estimate of drug-likeness (QED) is 0.0497. The van der Waals surface area contributed by atoms with Gasteiger partial charge in [0.25, 0.3) is 0 Å². The molecule has 188 valence electrons. The number of carbonyl (C=O) groups excluding carboxylic acids is 1. The first-order chi connectivity index (χ1) is 15.6. The molecule has 0 aromatic rings. The predicted octanol–water partition coefficient (Wildman–Crippen LogP) is 7.46. The molecule has 0 radical (unpaired) electrons. The zero-order valence-electron chi connectivity index (χ0n) is 22.3. The van der Waals surface area contributed by atoms with Crippen molar-refractivity contribution in [1.82, 2.24) is 0 Å². The Balaban J connectivity index is 5.00. The van der Waals surface area contributed by atoms with Gasteiger partial charge < -0.3 is 13.9 Å². The normalized spacial score (nSPS) is 15.9. The van der Waals surface area contributed by atoms with E-state index in [0.717, 1.165) is 37.1 Å². The number of hydrogen-bond acceptors (Lipinski definition) is 4. The first-order valence-corrected chi connectivity index (χ1v) is 18.5. The van der Waals surface area contributed by atoms with E-state index in [2.05, 4.69) is 53.4 Å². The van der Waals surface area contributed by atoms with Gasteiger partial charge in [-0.2, -0.15) is 0 Å². The molecule has 0 spiro atoms. The van der Waals surface area contributed by atoms with E-state index in [1.54, 1.807) is 13.0 Å². The number of carbonyl (C=O) groups is 1. The molecule has 0 saturated heterocycles. The standard InChI is InChI=1S/C27H48O4Si2/c1-9-33(10-2,11-3)31-26(5)27(30-24-29-21-22-32(6,7)8)20-18-16-14-12-13-15-17-19-25(4)23-28/h12-20,23,26-27H,9-11,21-22,24H2,1-8H3/b13-12+,16-14+,17-15+,20-18+,25-19+/t26-,27+/m1/s1. The van der Waals surface area contributed by atoms with E-state index in [9.17, 15) is 4.79 Å². The van der Waals surface area contributed by atoms with Gasteiger partial charge in [-0.05, 0) is 43.6 Å². The summed E-state index contributed by atoms with van der Waals surface area (Å²) in [5.74, 6) is 0. The average molecular weight is 493 g/mol. The SMILES string of the molecule is CC[Si](CC)(CC)O[C@H](C)[C@H](/C=C/C=C/C=C/C=C/C=C(\C)C=O)OCOCC[Si](C)(C)C. The Morgan fingerprint density at radius 3 is 1.94 bits per heavy atom. The summed E-state index contributed by atoms with van der Waals surface area (Å²) in [7, 11) is -2.82. The first kappa shape index (κ1) is 31.7. The topological polar surface area (TPSA) is 44.8 Å². The molecule has 0 N–H and O–H groups in total. The number of hydrogen-bond donors (Lipinski definition) is 0. The Morgan fingerprint density at radius 2 is 1.42 bits per heavy atom. The van der Waals surface area contributed by atoms with Crippen LogP contribution in [0.3, 0.4) is 0 Å². The van der Waals surface area contributed by atoms with Gasteiger partial charge in [0.1, 0.15) is 19.2 Å². The Labute approximate surface area is 205 Å². The monoisotopic (exact) mass is 492 g/mol. The van der Waals surface area contributed by atoms with Gasteiger partial charge >= 0.3 is 0 Å². The summed E-state index contributed by atoms with van der Waals surface area (Å²) in [5, 5.41) is 0. The highest BCUT2D eigenvalue weighted by Crippen LogP contribution is 2.25. The molecule has 0 aromatic heterocycles. The minimum atomic E-state index is -1.72. The van der Waals surface area contributed by atoms with Crippen LogP contribution in [0, 0.1) is 0 Å². The van der Waals surface area contributed by atoms with Crippen molar-refractivity contribution in [2.45, 2.75) is 90.6 Å². The minimum absolute atomic E-state index is 0.0203. The van der Waals surface area contributed by atoms with E-state index in [1.807, 2.05) is 42.5 Å². The van der Waals surface area contributed by atoms with Gasteiger partial charge in [-0.15, -0.1) is 0 Å². The second-order valence-corrected chi connectivity index (χ2v) is 19.9. The Hall–Kier alpha value is -1.32. The lowest BCUT2D eigenvalue weighted by atomic mass is 10.2. The van der Waals surface area contributed by atoms with Crippen LogP contribution in [0.4, 0.5) is 0 Å². The van der Waals surface area contributed by atoms with Gasteiger partial charge in [0.15, 0.2) is 8.32 Å². The fraction of sp³-hybridized carbons (Fsp3) is 0.593. The van der Waals surface area contributed by atoms with Gasteiger partial charge in [-0.1, -0.05) is 95.1 Å². The summed E-state index contributed by atoms with van der Waals surface area (Å²) in [4.78, 5) is 10.5. The molecule has 0 heterocycles. The summed E-state index contributed by atoms with van der Waals surface area (Å²) >= 11 is 0. The van der Waals surface area contributed by atoms with Crippen molar-refractivity contribution < 1.29 is 18.7 Å².